The second-order valence-electron chi connectivity index (χ2n) is 4.45. The van der Waals surface area contributed by atoms with Crippen LogP contribution in [0.15, 0.2) is 0 Å². The Hall–Kier alpha value is -0.360. The minimum Gasteiger partial charge on any atom is -0.379 e. The van der Waals surface area contributed by atoms with E-state index in [1.807, 2.05) is 0 Å². The van der Waals surface area contributed by atoms with Gasteiger partial charge in [0.05, 0.1) is 19.1 Å². The van der Waals surface area contributed by atoms with Crippen LogP contribution in [0.25, 0.3) is 0 Å². The minimum absolute atomic E-state index is 0. The number of hydrogen-bond donors (Lipinski definition) is 2. The summed E-state index contributed by atoms with van der Waals surface area (Å²) in [4.78, 5) is 13.9. The Morgan fingerprint density at radius 3 is 2.65 bits per heavy atom. The van der Waals surface area contributed by atoms with Crippen molar-refractivity contribution in [3.05, 3.63) is 0 Å². The summed E-state index contributed by atoms with van der Waals surface area (Å²) in [6, 6.07) is 0. The average molecular weight is 264 g/mol. The maximum Gasteiger partial charge on any atom is 0.225 e. The molecule has 0 aliphatic carbocycles. The highest BCUT2D eigenvalue weighted by atomic mass is 35.5. The number of ether oxygens (including phenoxy) is 1. The zero-order valence-corrected chi connectivity index (χ0v) is 10.9. The van der Waals surface area contributed by atoms with E-state index in [4.69, 9.17) is 4.74 Å². The minimum atomic E-state index is 0. The van der Waals surface area contributed by atoms with Gasteiger partial charge in [0.2, 0.25) is 5.91 Å². The normalized spacial score (nSPS) is 21.4. The first-order valence-electron chi connectivity index (χ1n) is 6.15. The molecule has 2 aliphatic heterocycles. The quantitative estimate of drug-likeness (QED) is 0.655. The molecule has 0 unspecified atom stereocenters. The molecule has 0 spiro atoms. The third kappa shape index (κ3) is 4.79. The van der Waals surface area contributed by atoms with E-state index in [2.05, 4.69) is 15.5 Å². The molecule has 0 atom stereocenters. The molecule has 2 aliphatic rings. The molecule has 17 heavy (non-hydrogen) atoms. The lowest BCUT2D eigenvalue weighted by molar-refractivity contribution is -0.126. The molecule has 0 bridgehead atoms. The van der Waals surface area contributed by atoms with Crippen LogP contribution < -0.4 is 10.6 Å². The fraction of sp³-hybridized carbons (Fsp3) is 0.909. The van der Waals surface area contributed by atoms with E-state index in [0.717, 1.165) is 58.9 Å². The van der Waals surface area contributed by atoms with Crippen LogP contribution in [0.3, 0.4) is 0 Å². The van der Waals surface area contributed by atoms with Crippen molar-refractivity contribution < 1.29 is 9.53 Å². The Morgan fingerprint density at radius 2 is 2.06 bits per heavy atom. The van der Waals surface area contributed by atoms with Gasteiger partial charge in [-0.2, -0.15) is 0 Å². The fourth-order valence-electron chi connectivity index (χ4n) is 1.96. The molecule has 5 nitrogen and oxygen atoms in total. The molecule has 0 aromatic heterocycles. The molecule has 0 saturated carbocycles. The van der Waals surface area contributed by atoms with Crippen molar-refractivity contribution in [1.29, 1.82) is 0 Å². The first-order valence-corrected chi connectivity index (χ1v) is 6.15. The number of carbonyl (C=O) groups excluding carboxylic acids is 1. The Kier molecular flexibility index (Phi) is 6.80. The number of carbonyl (C=O) groups is 1. The summed E-state index contributed by atoms with van der Waals surface area (Å²) >= 11 is 0. The van der Waals surface area contributed by atoms with E-state index in [9.17, 15) is 4.79 Å². The highest BCUT2D eigenvalue weighted by Crippen LogP contribution is 2.02. The highest BCUT2D eigenvalue weighted by molar-refractivity contribution is 5.85. The van der Waals surface area contributed by atoms with Crippen LogP contribution in [-0.2, 0) is 9.53 Å². The molecule has 2 rings (SSSR count). The van der Waals surface area contributed by atoms with Crippen molar-refractivity contribution in [2.75, 3.05) is 52.5 Å². The SMILES string of the molecule is Cl.O=C(NCCCN1CCOCC1)C1CNC1. The first-order chi connectivity index (χ1) is 7.86. The van der Waals surface area contributed by atoms with E-state index in [1.165, 1.54) is 0 Å². The summed E-state index contributed by atoms with van der Waals surface area (Å²) < 4.78 is 5.28. The van der Waals surface area contributed by atoms with Crippen molar-refractivity contribution in [2.45, 2.75) is 6.42 Å². The third-order valence-corrected chi connectivity index (χ3v) is 3.21. The Morgan fingerprint density at radius 1 is 1.35 bits per heavy atom. The fourth-order valence-corrected chi connectivity index (χ4v) is 1.96. The van der Waals surface area contributed by atoms with Gasteiger partial charge in [-0.05, 0) is 13.0 Å². The van der Waals surface area contributed by atoms with Gasteiger partial charge in [0.15, 0.2) is 0 Å². The smallest absolute Gasteiger partial charge is 0.225 e. The molecule has 0 aromatic rings. The Bertz CT molecular complexity index is 231. The maximum atomic E-state index is 11.5. The van der Waals surface area contributed by atoms with Crippen LogP contribution in [0.4, 0.5) is 0 Å². The molecule has 0 radical (unpaired) electrons. The topological polar surface area (TPSA) is 53.6 Å². The molecule has 0 aromatic carbocycles. The molecule has 100 valence electrons. The van der Waals surface area contributed by atoms with E-state index in [0.29, 0.717) is 0 Å². The van der Waals surface area contributed by atoms with E-state index < -0.39 is 0 Å². The predicted octanol–water partition coefficient (Wildman–Crippen LogP) is -0.534. The third-order valence-electron chi connectivity index (χ3n) is 3.21. The van der Waals surface area contributed by atoms with Gasteiger partial charge in [-0.15, -0.1) is 12.4 Å². The number of nitrogens with one attached hydrogen (secondary N) is 2. The maximum absolute atomic E-state index is 11.5. The average Bonchev–Trinajstić information content (AvgIpc) is 2.23. The van der Waals surface area contributed by atoms with Gasteiger partial charge in [0.25, 0.3) is 0 Å². The highest BCUT2D eigenvalue weighted by Gasteiger charge is 2.24. The number of hydrogen-bond acceptors (Lipinski definition) is 4. The summed E-state index contributed by atoms with van der Waals surface area (Å²) in [5.41, 5.74) is 0. The summed E-state index contributed by atoms with van der Waals surface area (Å²) in [7, 11) is 0. The second-order valence-corrected chi connectivity index (χ2v) is 4.45. The predicted molar refractivity (Wildman–Crippen MR) is 68.5 cm³/mol. The number of rotatable bonds is 5. The van der Waals surface area contributed by atoms with Gasteiger partial charge in [0, 0.05) is 32.7 Å². The summed E-state index contributed by atoms with van der Waals surface area (Å²) in [5, 5.41) is 6.09. The van der Waals surface area contributed by atoms with Crippen LogP contribution in [-0.4, -0.2) is 63.3 Å². The van der Waals surface area contributed by atoms with E-state index >= 15 is 0 Å². The van der Waals surface area contributed by atoms with Crippen LogP contribution >= 0.6 is 12.4 Å². The number of amides is 1. The largest absolute Gasteiger partial charge is 0.379 e. The molecule has 2 fully saturated rings. The van der Waals surface area contributed by atoms with Gasteiger partial charge in [0.1, 0.15) is 0 Å². The van der Waals surface area contributed by atoms with Crippen molar-refractivity contribution in [3.63, 3.8) is 0 Å². The van der Waals surface area contributed by atoms with Crippen molar-refractivity contribution in [1.82, 2.24) is 15.5 Å². The molecule has 2 saturated heterocycles. The molecule has 2 heterocycles. The molecule has 1 amide bonds. The monoisotopic (exact) mass is 263 g/mol. The number of morpholine rings is 1. The van der Waals surface area contributed by atoms with Crippen LogP contribution in [0, 0.1) is 5.92 Å². The van der Waals surface area contributed by atoms with Crippen molar-refractivity contribution in [3.8, 4) is 0 Å². The zero-order valence-electron chi connectivity index (χ0n) is 10.1. The second kappa shape index (κ2) is 7.87. The lowest BCUT2D eigenvalue weighted by atomic mass is 10.0. The van der Waals surface area contributed by atoms with Gasteiger partial charge < -0.3 is 15.4 Å². The van der Waals surface area contributed by atoms with Crippen LogP contribution in [0.5, 0.6) is 0 Å². The van der Waals surface area contributed by atoms with Crippen LogP contribution in [0.2, 0.25) is 0 Å². The zero-order chi connectivity index (χ0) is 11.2. The summed E-state index contributed by atoms with van der Waals surface area (Å²) in [5.74, 6) is 0.420. The van der Waals surface area contributed by atoms with Crippen molar-refractivity contribution >= 4 is 18.3 Å². The lowest BCUT2D eigenvalue weighted by Crippen LogP contribution is -2.51. The van der Waals surface area contributed by atoms with Crippen molar-refractivity contribution in [2.24, 2.45) is 5.92 Å². The van der Waals surface area contributed by atoms with Gasteiger partial charge in [-0.1, -0.05) is 0 Å². The van der Waals surface area contributed by atoms with E-state index in [-0.39, 0.29) is 24.2 Å². The number of halogens is 1. The van der Waals surface area contributed by atoms with Gasteiger partial charge in [-0.25, -0.2) is 0 Å². The first kappa shape index (κ1) is 14.7. The number of nitrogens with zero attached hydrogens (tertiary/aromatic N) is 1. The Balaban J connectivity index is 0.00000144. The summed E-state index contributed by atoms with van der Waals surface area (Å²) in [6.07, 6.45) is 1.03. The molecular weight excluding hydrogens is 242 g/mol. The molecular formula is C11H22ClN3O2. The summed E-state index contributed by atoms with van der Waals surface area (Å²) in [6.45, 7) is 7.30. The standard InChI is InChI=1S/C11H21N3O2.ClH/c15-11(10-8-12-9-10)13-2-1-3-14-4-6-16-7-5-14;/h10,12H,1-9H2,(H,13,15);1H. The molecule has 6 heteroatoms. The van der Waals surface area contributed by atoms with Gasteiger partial charge >= 0.3 is 0 Å². The van der Waals surface area contributed by atoms with Gasteiger partial charge in [-0.3, -0.25) is 9.69 Å². The van der Waals surface area contributed by atoms with E-state index in [1.54, 1.807) is 0 Å². The molecule has 2 N–H and O–H groups in total. The van der Waals surface area contributed by atoms with Crippen LogP contribution in [0.1, 0.15) is 6.42 Å². The Labute approximate surface area is 109 Å². The lowest BCUT2D eigenvalue weighted by Gasteiger charge is -2.27.